The van der Waals surface area contributed by atoms with Gasteiger partial charge in [0.25, 0.3) is 0 Å². The average Bonchev–Trinajstić information content (AvgIpc) is 2.82. The molecule has 0 nitrogen and oxygen atoms in total. The highest BCUT2D eigenvalue weighted by Gasteiger charge is 2.31. The molecule has 0 aromatic rings. The molecule has 6 atom stereocenters. The number of hydrogen-bond acceptors (Lipinski definition) is 0. The molecule has 6 unspecified atom stereocenters. The fourth-order valence-corrected chi connectivity index (χ4v) is 7.60. The summed E-state index contributed by atoms with van der Waals surface area (Å²) in [5, 5.41) is 0. The Morgan fingerprint density at radius 3 is 1.36 bits per heavy atom. The number of rotatable bonds is 0. The monoisotopic (exact) mass is 384 g/mol. The van der Waals surface area contributed by atoms with Crippen LogP contribution in [-0.4, -0.2) is 0 Å². The van der Waals surface area contributed by atoms with Gasteiger partial charge in [-0.3, -0.25) is 0 Å². The lowest BCUT2D eigenvalue weighted by Crippen LogP contribution is -2.22. The molecular weight excluding hydrogens is 336 g/mol. The van der Waals surface area contributed by atoms with Gasteiger partial charge in [-0.25, -0.2) is 0 Å². The molecule has 28 heavy (non-hydrogen) atoms. The van der Waals surface area contributed by atoms with E-state index < -0.39 is 0 Å². The minimum absolute atomic E-state index is 0.915. The molecule has 0 bridgehead atoms. The van der Waals surface area contributed by atoms with Crippen LogP contribution >= 0.6 is 0 Å². The molecule has 0 aliphatic heterocycles. The number of hydrogen-bond donors (Lipinski definition) is 0. The lowest BCUT2D eigenvalue weighted by molar-refractivity contribution is 0.223. The van der Waals surface area contributed by atoms with Crippen LogP contribution in [0, 0.1) is 35.5 Å². The highest BCUT2D eigenvalue weighted by molar-refractivity contribution is 5.00. The second-order valence-electron chi connectivity index (χ2n) is 11.2. The Hall–Kier alpha value is -0.260. The van der Waals surface area contributed by atoms with Crippen LogP contribution in [0.15, 0.2) is 12.2 Å². The fourth-order valence-electron chi connectivity index (χ4n) is 7.60. The molecule has 3 saturated carbocycles. The third-order valence-corrected chi connectivity index (χ3v) is 9.42. The summed E-state index contributed by atoms with van der Waals surface area (Å²) in [6.07, 6.45) is 36.0. The summed E-state index contributed by atoms with van der Waals surface area (Å²) in [5.74, 6) is 5.99. The van der Waals surface area contributed by atoms with Crippen molar-refractivity contribution in [3.8, 4) is 0 Å². The van der Waals surface area contributed by atoms with Gasteiger partial charge in [-0.15, -0.1) is 0 Å². The first-order valence-electron chi connectivity index (χ1n) is 13.6. The fraction of sp³-hybridized carbons (Fsp3) is 0.929. The van der Waals surface area contributed by atoms with E-state index in [9.17, 15) is 0 Å². The van der Waals surface area contributed by atoms with Crippen LogP contribution < -0.4 is 0 Å². The molecule has 0 radical (unpaired) electrons. The predicted molar refractivity (Wildman–Crippen MR) is 122 cm³/mol. The zero-order chi connectivity index (χ0) is 19.0. The minimum atomic E-state index is 0.915. The summed E-state index contributed by atoms with van der Waals surface area (Å²) < 4.78 is 0. The third kappa shape index (κ3) is 5.89. The van der Waals surface area contributed by atoms with Gasteiger partial charge < -0.3 is 0 Å². The molecule has 160 valence electrons. The summed E-state index contributed by atoms with van der Waals surface area (Å²) in [6.45, 7) is 0. The Morgan fingerprint density at radius 2 is 0.679 bits per heavy atom. The summed E-state index contributed by atoms with van der Waals surface area (Å²) in [4.78, 5) is 0. The van der Waals surface area contributed by atoms with E-state index in [-0.39, 0.29) is 0 Å². The van der Waals surface area contributed by atoms with Crippen LogP contribution in [0.5, 0.6) is 0 Å². The van der Waals surface area contributed by atoms with Gasteiger partial charge in [0.2, 0.25) is 0 Å². The van der Waals surface area contributed by atoms with Crippen LogP contribution in [0.4, 0.5) is 0 Å². The maximum atomic E-state index is 2.78. The summed E-state index contributed by atoms with van der Waals surface area (Å²) >= 11 is 0. The van der Waals surface area contributed by atoms with Crippen molar-refractivity contribution >= 4 is 0 Å². The van der Waals surface area contributed by atoms with Gasteiger partial charge in [-0.1, -0.05) is 95.6 Å². The third-order valence-electron chi connectivity index (χ3n) is 9.42. The van der Waals surface area contributed by atoms with Crippen molar-refractivity contribution in [3.05, 3.63) is 12.2 Å². The predicted octanol–water partition coefficient (Wildman–Crippen LogP) is 9.10. The first kappa shape index (κ1) is 21.0. The average molecular weight is 385 g/mol. The Balaban J connectivity index is 1.44. The summed E-state index contributed by atoms with van der Waals surface area (Å²) in [5.41, 5.74) is 0. The molecule has 3 fully saturated rings. The Kier molecular flexibility index (Phi) is 8.41. The normalized spacial score (nSPS) is 41.4. The molecule has 4 aliphatic carbocycles. The molecule has 0 aromatic carbocycles. The van der Waals surface area contributed by atoms with E-state index >= 15 is 0 Å². The minimum Gasteiger partial charge on any atom is -0.0849 e. The lowest BCUT2D eigenvalue weighted by Gasteiger charge is -2.33. The lowest BCUT2D eigenvalue weighted by atomic mass is 9.72. The van der Waals surface area contributed by atoms with Crippen molar-refractivity contribution in [2.24, 2.45) is 35.5 Å². The summed E-state index contributed by atoms with van der Waals surface area (Å²) in [6, 6.07) is 0. The molecular formula is C28H48. The molecule has 0 aromatic heterocycles. The highest BCUT2D eigenvalue weighted by atomic mass is 14.4. The Labute approximate surface area is 176 Å². The molecule has 0 N–H and O–H groups in total. The quantitative estimate of drug-likeness (QED) is 0.365. The molecule has 0 amide bonds. The van der Waals surface area contributed by atoms with E-state index in [2.05, 4.69) is 12.2 Å². The zero-order valence-corrected chi connectivity index (χ0v) is 18.8. The van der Waals surface area contributed by atoms with Crippen LogP contribution in [0.1, 0.15) is 128 Å². The SMILES string of the molecule is C1=CC2CCC3CCCCCCC3CCCC2CCC2CCCCCCCC12. The van der Waals surface area contributed by atoms with Crippen LogP contribution in [0.3, 0.4) is 0 Å². The van der Waals surface area contributed by atoms with E-state index in [1.807, 2.05) is 0 Å². The molecule has 4 rings (SSSR count). The topological polar surface area (TPSA) is 0 Å². The second-order valence-corrected chi connectivity index (χ2v) is 11.2. The van der Waals surface area contributed by atoms with Crippen LogP contribution in [0.25, 0.3) is 0 Å². The van der Waals surface area contributed by atoms with Gasteiger partial charge in [0, 0.05) is 0 Å². The standard InChI is InChI=1S/C28H48/c1-2-6-13-25-17-18-27-16-10-15-23-11-8-4-5-9-12-24(23)19-21-28(27)22-20-26(25)14-7-3-1/h20,22-28H,1-19,21H2. The van der Waals surface area contributed by atoms with E-state index in [1.165, 1.54) is 89.9 Å². The van der Waals surface area contributed by atoms with Gasteiger partial charge in [-0.2, -0.15) is 0 Å². The maximum absolute atomic E-state index is 2.78. The molecule has 4 aliphatic rings. The first-order chi connectivity index (χ1) is 13.9. The van der Waals surface area contributed by atoms with Gasteiger partial charge in [0.1, 0.15) is 0 Å². The Bertz CT molecular complexity index is 463. The van der Waals surface area contributed by atoms with Crippen molar-refractivity contribution in [1.29, 1.82) is 0 Å². The maximum Gasteiger partial charge on any atom is -0.0205 e. The van der Waals surface area contributed by atoms with Crippen molar-refractivity contribution in [3.63, 3.8) is 0 Å². The first-order valence-corrected chi connectivity index (χ1v) is 13.6. The van der Waals surface area contributed by atoms with Crippen molar-refractivity contribution in [2.75, 3.05) is 0 Å². The van der Waals surface area contributed by atoms with E-state index in [0.29, 0.717) is 0 Å². The Morgan fingerprint density at radius 1 is 0.286 bits per heavy atom. The summed E-state index contributed by atoms with van der Waals surface area (Å²) in [7, 11) is 0. The largest absolute Gasteiger partial charge is 0.0849 e. The molecule has 0 heteroatoms. The molecule has 0 saturated heterocycles. The zero-order valence-electron chi connectivity index (χ0n) is 18.8. The number of allylic oxidation sites excluding steroid dienone is 2. The van der Waals surface area contributed by atoms with Crippen molar-refractivity contribution < 1.29 is 0 Å². The molecule has 0 heterocycles. The van der Waals surface area contributed by atoms with Gasteiger partial charge >= 0.3 is 0 Å². The number of fused-ring (bicyclic) bond motifs is 3. The second kappa shape index (κ2) is 11.2. The van der Waals surface area contributed by atoms with Crippen LogP contribution in [-0.2, 0) is 0 Å². The van der Waals surface area contributed by atoms with Crippen molar-refractivity contribution in [1.82, 2.24) is 0 Å². The van der Waals surface area contributed by atoms with Gasteiger partial charge in [-0.05, 0) is 80.5 Å². The van der Waals surface area contributed by atoms with Crippen molar-refractivity contribution in [2.45, 2.75) is 128 Å². The van der Waals surface area contributed by atoms with Gasteiger partial charge in [0.05, 0.1) is 0 Å². The van der Waals surface area contributed by atoms with E-state index in [0.717, 1.165) is 35.5 Å². The van der Waals surface area contributed by atoms with E-state index in [1.54, 1.807) is 38.5 Å². The van der Waals surface area contributed by atoms with E-state index in [4.69, 9.17) is 0 Å². The van der Waals surface area contributed by atoms with Crippen LogP contribution in [0.2, 0.25) is 0 Å². The van der Waals surface area contributed by atoms with Gasteiger partial charge in [0.15, 0.2) is 0 Å². The highest BCUT2D eigenvalue weighted by Crippen LogP contribution is 2.43. The molecule has 0 spiro atoms. The smallest absolute Gasteiger partial charge is 0.0205 e.